The van der Waals surface area contributed by atoms with Crippen molar-refractivity contribution in [3.05, 3.63) is 23.3 Å². The van der Waals surface area contributed by atoms with Crippen molar-refractivity contribution in [1.29, 1.82) is 0 Å². The van der Waals surface area contributed by atoms with Crippen LogP contribution in [0, 0.1) is 40.9 Å². The zero-order valence-corrected chi connectivity index (χ0v) is 23.8. The van der Waals surface area contributed by atoms with Gasteiger partial charge in [0.05, 0.1) is 0 Å². The third kappa shape index (κ3) is 4.54. The Balaban J connectivity index is 0.00000245. The molecule has 0 aromatic carbocycles. The van der Waals surface area contributed by atoms with Crippen molar-refractivity contribution in [2.45, 2.75) is 84.3 Å². The molecule has 0 aromatic heterocycles. The van der Waals surface area contributed by atoms with Crippen LogP contribution in [0.3, 0.4) is 0 Å². The SMILES string of the molecule is CC1=C2CC3C(CC[C@H]4CNC(=O)C=CC34C)C2CCC(C(C)C2NCCCC2[O-])C1.[K+]. The molecule has 1 amide bonds. The first kappa shape index (κ1) is 25.6. The fourth-order valence-corrected chi connectivity index (χ4v) is 8.34. The molecule has 0 aromatic rings. The maximum Gasteiger partial charge on any atom is 1.00 e. The summed E-state index contributed by atoms with van der Waals surface area (Å²) in [5.74, 6) is 3.91. The summed E-state index contributed by atoms with van der Waals surface area (Å²) in [5.41, 5.74) is 3.51. The van der Waals surface area contributed by atoms with Gasteiger partial charge in [-0.25, -0.2) is 0 Å². The number of carbonyl (C=O) groups excluding carboxylic acids is 1. The number of amides is 1. The van der Waals surface area contributed by atoms with Crippen LogP contribution in [0.25, 0.3) is 0 Å². The molecule has 0 bridgehead atoms. The van der Waals surface area contributed by atoms with Gasteiger partial charge in [-0.1, -0.05) is 37.5 Å². The summed E-state index contributed by atoms with van der Waals surface area (Å²) >= 11 is 0. The van der Waals surface area contributed by atoms with Crippen molar-refractivity contribution in [3.63, 3.8) is 0 Å². The van der Waals surface area contributed by atoms with Crippen LogP contribution in [0.5, 0.6) is 0 Å². The Hall–Kier alpha value is 0.506. The van der Waals surface area contributed by atoms with Crippen molar-refractivity contribution in [2.24, 2.45) is 40.9 Å². The van der Waals surface area contributed by atoms with E-state index in [1.165, 1.54) is 38.5 Å². The molecule has 1 saturated heterocycles. The summed E-state index contributed by atoms with van der Waals surface area (Å²) < 4.78 is 0. The van der Waals surface area contributed by atoms with Gasteiger partial charge in [-0.3, -0.25) is 4.79 Å². The van der Waals surface area contributed by atoms with E-state index in [-0.39, 0.29) is 68.7 Å². The average molecular weight is 465 g/mol. The van der Waals surface area contributed by atoms with Crippen molar-refractivity contribution in [3.8, 4) is 0 Å². The summed E-state index contributed by atoms with van der Waals surface area (Å²) in [6.07, 6.45) is 13.0. The van der Waals surface area contributed by atoms with Crippen molar-refractivity contribution in [1.82, 2.24) is 10.6 Å². The maximum absolute atomic E-state index is 12.6. The summed E-state index contributed by atoms with van der Waals surface area (Å²) in [6, 6.07) is 0.151. The van der Waals surface area contributed by atoms with Crippen LogP contribution in [0.4, 0.5) is 0 Å². The molecule has 2 aliphatic heterocycles. The Kier molecular flexibility index (Phi) is 8.19. The summed E-state index contributed by atoms with van der Waals surface area (Å²) in [5, 5.41) is 19.3. The maximum atomic E-state index is 12.6. The quantitative estimate of drug-likeness (QED) is 0.464. The van der Waals surface area contributed by atoms with E-state index in [4.69, 9.17) is 0 Å². The van der Waals surface area contributed by atoms with Crippen LogP contribution < -0.4 is 67.1 Å². The Bertz CT molecular complexity index is 780. The predicted octanol–water partition coefficient (Wildman–Crippen LogP) is 0.579. The first-order valence-electron chi connectivity index (χ1n) is 12.9. The molecule has 2 N–H and O–H groups in total. The number of piperidine rings is 1. The van der Waals surface area contributed by atoms with E-state index in [1.54, 1.807) is 11.1 Å². The number of allylic oxidation sites excluding steroid dienone is 3. The van der Waals surface area contributed by atoms with E-state index in [0.29, 0.717) is 23.7 Å². The van der Waals surface area contributed by atoms with E-state index >= 15 is 0 Å². The van der Waals surface area contributed by atoms with E-state index in [1.807, 2.05) is 6.08 Å². The minimum atomic E-state index is -0.433. The number of fused-ring (bicyclic) bond motifs is 5. The topological polar surface area (TPSA) is 64.2 Å². The molecule has 2 heterocycles. The molecule has 8 unspecified atom stereocenters. The van der Waals surface area contributed by atoms with Gasteiger partial charge in [0, 0.05) is 6.54 Å². The molecule has 5 rings (SSSR count). The number of hydrogen-bond acceptors (Lipinski definition) is 3. The molecule has 172 valence electrons. The molecule has 32 heavy (non-hydrogen) atoms. The fourth-order valence-electron chi connectivity index (χ4n) is 8.34. The smallest absolute Gasteiger partial charge is 0.851 e. The second kappa shape index (κ2) is 10.2. The molecule has 3 fully saturated rings. The molecule has 0 radical (unpaired) electrons. The molecular weight excluding hydrogens is 423 g/mol. The van der Waals surface area contributed by atoms with Crippen LogP contribution in [-0.4, -0.2) is 31.1 Å². The van der Waals surface area contributed by atoms with Gasteiger partial charge < -0.3 is 15.7 Å². The van der Waals surface area contributed by atoms with E-state index in [9.17, 15) is 9.90 Å². The first-order chi connectivity index (χ1) is 14.9. The van der Waals surface area contributed by atoms with Gasteiger partial charge >= 0.3 is 51.4 Å². The molecule has 4 nitrogen and oxygen atoms in total. The van der Waals surface area contributed by atoms with Gasteiger partial charge in [-0.2, -0.15) is 0 Å². The molecule has 2 saturated carbocycles. The van der Waals surface area contributed by atoms with Gasteiger partial charge in [0.15, 0.2) is 0 Å². The Morgan fingerprint density at radius 1 is 1.16 bits per heavy atom. The largest absolute Gasteiger partial charge is 1.00 e. The number of rotatable bonds is 2. The van der Waals surface area contributed by atoms with Gasteiger partial charge in [-0.05, 0) is 111 Å². The second-order valence-corrected chi connectivity index (χ2v) is 11.7. The van der Waals surface area contributed by atoms with E-state index < -0.39 is 6.10 Å². The van der Waals surface area contributed by atoms with E-state index in [2.05, 4.69) is 37.5 Å². The summed E-state index contributed by atoms with van der Waals surface area (Å²) in [7, 11) is 0. The zero-order chi connectivity index (χ0) is 21.8. The number of nitrogens with one attached hydrogen (secondary N) is 2. The number of carbonyl (C=O) groups is 1. The average Bonchev–Trinajstić information content (AvgIpc) is 2.97. The first-order valence-corrected chi connectivity index (χ1v) is 12.9. The predicted molar refractivity (Wildman–Crippen MR) is 122 cm³/mol. The van der Waals surface area contributed by atoms with Crippen LogP contribution in [-0.2, 0) is 4.79 Å². The molecule has 0 spiro atoms. The standard InChI is InChI=1S/C27H41N2O2.K/c1-16-13-18(17(2)26-24(30)5-4-12-28-26)6-8-20-21-9-7-19-15-29-25(31)10-11-27(19,3)23(21)14-22(16)20;/h10-11,17-21,23-24,26,28H,4-9,12-15H2,1-3H3,(H,29,31);/q-1;+1/t17?,18?,19-,20?,21?,23?,24?,26?,27?;/m0./s1. The van der Waals surface area contributed by atoms with E-state index in [0.717, 1.165) is 37.8 Å². The third-order valence-electron chi connectivity index (χ3n) is 10.3. The monoisotopic (exact) mass is 464 g/mol. The second-order valence-electron chi connectivity index (χ2n) is 11.7. The molecule has 9 atom stereocenters. The minimum absolute atomic E-state index is 0. The molecular formula is C27H41KN2O2. The van der Waals surface area contributed by atoms with Crippen molar-refractivity contribution in [2.75, 3.05) is 13.1 Å². The van der Waals surface area contributed by atoms with Crippen molar-refractivity contribution < 1.29 is 61.3 Å². The Morgan fingerprint density at radius 2 is 1.97 bits per heavy atom. The zero-order valence-electron chi connectivity index (χ0n) is 20.7. The Morgan fingerprint density at radius 3 is 2.75 bits per heavy atom. The van der Waals surface area contributed by atoms with Gasteiger partial charge in [-0.15, -0.1) is 6.10 Å². The minimum Gasteiger partial charge on any atom is -0.851 e. The fraction of sp³-hybridized carbons (Fsp3) is 0.815. The van der Waals surface area contributed by atoms with Crippen LogP contribution >= 0.6 is 0 Å². The van der Waals surface area contributed by atoms with Gasteiger partial charge in [0.1, 0.15) is 0 Å². The summed E-state index contributed by atoms with van der Waals surface area (Å²) in [6.45, 7) is 9.00. The van der Waals surface area contributed by atoms with Crippen molar-refractivity contribution >= 4 is 5.91 Å². The molecule has 5 heteroatoms. The third-order valence-corrected chi connectivity index (χ3v) is 10.3. The summed E-state index contributed by atoms with van der Waals surface area (Å²) in [4.78, 5) is 12.0. The Labute approximate surface area is 237 Å². The molecule has 3 aliphatic carbocycles. The van der Waals surface area contributed by atoms with Gasteiger partial charge in [0.2, 0.25) is 5.91 Å². The molecule has 5 aliphatic rings. The van der Waals surface area contributed by atoms with Crippen LogP contribution in [0.1, 0.15) is 72.1 Å². The van der Waals surface area contributed by atoms with Crippen LogP contribution in [0.15, 0.2) is 23.3 Å². The van der Waals surface area contributed by atoms with Gasteiger partial charge in [0.25, 0.3) is 0 Å². The number of hydrogen-bond donors (Lipinski definition) is 2. The van der Waals surface area contributed by atoms with Crippen LogP contribution in [0.2, 0.25) is 0 Å². The normalized spacial score (nSPS) is 44.9.